The molecule has 3 aromatic rings. The summed E-state index contributed by atoms with van der Waals surface area (Å²) in [6, 6.07) is 11.0. The Balaban J connectivity index is 1.49. The summed E-state index contributed by atoms with van der Waals surface area (Å²) in [5.41, 5.74) is 2.16. The van der Waals surface area contributed by atoms with Crippen LogP contribution in [0.25, 0.3) is 11.1 Å². The van der Waals surface area contributed by atoms with Crippen LogP contribution in [0.15, 0.2) is 46.9 Å². The number of hydrogen-bond donors (Lipinski definition) is 0. The molecule has 0 saturated carbocycles. The van der Waals surface area contributed by atoms with Crippen LogP contribution in [-0.2, 0) is 6.67 Å². The molecule has 0 spiro atoms. The average Bonchev–Trinajstić information content (AvgIpc) is 2.98. The highest BCUT2D eigenvalue weighted by molar-refractivity contribution is 7.71. The van der Waals surface area contributed by atoms with Crippen molar-refractivity contribution in [2.75, 3.05) is 31.1 Å². The predicted octanol–water partition coefficient (Wildman–Crippen LogP) is 3.79. The van der Waals surface area contributed by atoms with Crippen molar-refractivity contribution in [1.29, 1.82) is 0 Å². The zero-order chi connectivity index (χ0) is 19.0. The van der Waals surface area contributed by atoms with E-state index in [2.05, 4.69) is 9.80 Å². The first-order valence-corrected chi connectivity index (χ1v) is 8.93. The molecule has 140 valence electrons. The van der Waals surface area contributed by atoms with E-state index in [1.807, 2.05) is 0 Å². The van der Waals surface area contributed by atoms with Crippen molar-refractivity contribution < 1.29 is 13.7 Å². The van der Waals surface area contributed by atoms with E-state index in [-0.39, 0.29) is 11.5 Å². The standard InChI is InChI=1S/C18H17FN4O3S/c19-13-1-3-14(4-2-13)21-9-7-20(8-10-21)12-22-16-11-15(23(24)25)5-6-17(16)26-18(22)27/h1-6,11H,7-10,12H2. The minimum Gasteiger partial charge on any atom is -0.429 e. The maximum absolute atomic E-state index is 13.1. The maximum Gasteiger partial charge on any atom is 0.271 e. The van der Waals surface area contributed by atoms with Crippen molar-refractivity contribution in [3.8, 4) is 0 Å². The first-order chi connectivity index (χ1) is 13.0. The fourth-order valence-corrected chi connectivity index (χ4v) is 3.54. The third kappa shape index (κ3) is 3.56. The molecule has 0 radical (unpaired) electrons. The Bertz CT molecular complexity index is 1040. The summed E-state index contributed by atoms with van der Waals surface area (Å²) in [6.07, 6.45) is 0. The molecule has 9 heteroatoms. The number of aromatic nitrogens is 1. The highest BCUT2D eigenvalue weighted by atomic mass is 32.1. The van der Waals surface area contributed by atoms with Crippen LogP contribution < -0.4 is 4.90 Å². The monoisotopic (exact) mass is 388 g/mol. The summed E-state index contributed by atoms with van der Waals surface area (Å²) < 4.78 is 20.4. The minimum atomic E-state index is -0.429. The second-order valence-corrected chi connectivity index (χ2v) is 6.78. The van der Waals surface area contributed by atoms with Gasteiger partial charge in [-0.1, -0.05) is 0 Å². The molecular formula is C18H17FN4O3S. The fourth-order valence-electron chi connectivity index (χ4n) is 3.30. The number of non-ortho nitro benzene ring substituents is 1. The second-order valence-electron chi connectivity index (χ2n) is 6.43. The fraction of sp³-hybridized carbons (Fsp3) is 0.278. The lowest BCUT2D eigenvalue weighted by Crippen LogP contribution is -2.46. The molecule has 0 aliphatic carbocycles. The smallest absolute Gasteiger partial charge is 0.271 e. The number of rotatable bonds is 4. The quantitative estimate of drug-likeness (QED) is 0.385. The summed E-state index contributed by atoms with van der Waals surface area (Å²) in [6.45, 7) is 3.69. The van der Waals surface area contributed by atoms with Crippen molar-refractivity contribution >= 4 is 34.7 Å². The Morgan fingerprint density at radius 2 is 1.81 bits per heavy atom. The van der Waals surface area contributed by atoms with E-state index in [1.165, 1.54) is 24.3 Å². The molecule has 1 fully saturated rings. The molecule has 0 N–H and O–H groups in total. The average molecular weight is 388 g/mol. The molecule has 2 heterocycles. The highest BCUT2D eigenvalue weighted by Crippen LogP contribution is 2.24. The number of hydrogen-bond acceptors (Lipinski definition) is 6. The number of piperazine rings is 1. The Morgan fingerprint density at radius 1 is 1.11 bits per heavy atom. The van der Waals surface area contributed by atoms with E-state index in [0.29, 0.717) is 22.6 Å². The number of oxazole rings is 1. The Kier molecular flexibility index (Phi) is 4.63. The molecule has 0 amide bonds. The van der Waals surface area contributed by atoms with Crippen molar-refractivity contribution in [1.82, 2.24) is 9.47 Å². The van der Waals surface area contributed by atoms with Crippen LogP contribution in [0.3, 0.4) is 0 Å². The van der Waals surface area contributed by atoms with Crippen LogP contribution in [0.1, 0.15) is 0 Å². The molecule has 0 atom stereocenters. The van der Waals surface area contributed by atoms with Gasteiger partial charge in [0.05, 0.1) is 17.1 Å². The third-order valence-corrected chi connectivity index (χ3v) is 5.07. The highest BCUT2D eigenvalue weighted by Gasteiger charge is 2.20. The topological polar surface area (TPSA) is 67.7 Å². The molecule has 1 aliphatic rings. The Labute approximate surface area is 159 Å². The van der Waals surface area contributed by atoms with Crippen molar-refractivity contribution in [3.63, 3.8) is 0 Å². The van der Waals surface area contributed by atoms with Gasteiger partial charge in [-0.25, -0.2) is 4.39 Å². The van der Waals surface area contributed by atoms with Crippen LogP contribution in [0.2, 0.25) is 0 Å². The molecular weight excluding hydrogens is 371 g/mol. The number of benzene rings is 2. The van der Waals surface area contributed by atoms with Crippen LogP contribution in [0.5, 0.6) is 0 Å². The molecule has 1 saturated heterocycles. The van der Waals surface area contributed by atoms with Crippen molar-refractivity contribution in [2.24, 2.45) is 0 Å². The first kappa shape index (κ1) is 17.6. The van der Waals surface area contributed by atoms with Gasteiger partial charge in [0.2, 0.25) is 0 Å². The molecule has 7 nitrogen and oxygen atoms in total. The summed E-state index contributed by atoms with van der Waals surface area (Å²) >= 11 is 5.30. The SMILES string of the molecule is O=[N+]([O-])c1ccc2oc(=S)n(CN3CCN(c4ccc(F)cc4)CC3)c2c1. The van der Waals surface area contributed by atoms with Gasteiger partial charge in [-0.05, 0) is 42.5 Å². The van der Waals surface area contributed by atoms with Crippen molar-refractivity contribution in [2.45, 2.75) is 6.67 Å². The van der Waals surface area contributed by atoms with Crippen LogP contribution in [0, 0.1) is 20.8 Å². The van der Waals surface area contributed by atoms with Crippen LogP contribution in [-0.4, -0.2) is 40.6 Å². The zero-order valence-corrected chi connectivity index (χ0v) is 15.2. The Hall–Kier alpha value is -2.78. The van der Waals surface area contributed by atoms with Crippen LogP contribution >= 0.6 is 12.2 Å². The second kappa shape index (κ2) is 7.09. The minimum absolute atomic E-state index is 0.00757. The summed E-state index contributed by atoms with van der Waals surface area (Å²) in [4.78, 5) is 15.3. The van der Waals surface area contributed by atoms with Gasteiger partial charge in [0, 0.05) is 44.0 Å². The number of nitro groups is 1. The largest absolute Gasteiger partial charge is 0.429 e. The van der Waals surface area contributed by atoms with Gasteiger partial charge in [-0.3, -0.25) is 19.6 Å². The van der Waals surface area contributed by atoms with E-state index < -0.39 is 4.92 Å². The normalized spacial score (nSPS) is 15.4. The molecule has 0 unspecified atom stereocenters. The summed E-state index contributed by atoms with van der Waals surface area (Å²) in [5, 5.41) is 11.0. The van der Waals surface area contributed by atoms with Crippen LogP contribution in [0.4, 0.5) is 15.8 Å². The first-order valence-electron chi connectivity index (χ1n) is 8.52. The molecule has 4 rings (SSSR count). The van der Waals surface area contributed by atoms with Gasteiger partial charge in [-0.2, -0.15) is 0 Å². The lowest BCUT2D eigenvalue weighted by Gasteiger charge is -2.36. The molecule has 1 aliphatic heterocycles. The predicted molar refractivity (Wildman–Crippen MR) is 102 cm³/mol. The third-order valence-electron chi connectivity index (χ3n) is 4.77. The lowest BCUT2D eigenvalue weighted by atomic mass is 10.2. The van der Waals surface area contributed by atoms with Gasteiger partial charge in [0.25, 0.3) is 10.5 Å². The van der Waals surface area contributed by atoms with Gasteiger partial charge >= 0.3 is 0 Å². The molecule has 2 aromatic carbocycles. The van der Waals surface area contributed by atoms with Gasteiger partial charge in [-0.15, -0.1) is 0 Å². The number of fused-ring (bicyclic) bond motifs is 1. The zero-order valence-electron chi connectivity index (χ0n) is 14.4. The van der Waals surface area contributed by atoms with Crippen molar-refractivity contribution in [3.05, 3.63) is 63.2 Å². The molecule has 1 aromatic heterocycles. The molecule has 27 heavy (non-hydrogen) atoms. The van der Waals surface area contributed by atoms with E-state index >= 15 is 0 Å². The summed E-state index contributed by atoms with van der Waals surface area (Å²) in [7, 11) is 0. The van der Waals surface area contributed by atoms with E-state index in [4.69, 9.17) is 16.6 Å². The van der Waals surface area contributed by atoms with E-state index in [1.54, 1.807) is 22.8 Å². The Morgan fingerprint density at radius 3 is 2.48 bits per heavy atom. The van der Waals surface area contributed by atoms with Gasteiger partial charge < -0.3 is 9.32 Å². The number of nitrogens with zero attached hydrogens (tertiary/aromatic N) is 4. The number of anilines is 1. The maximum atomic E-state index is 13.1. The number of halogens is 1. The lowest BCUT2D eigenvalue weighted by molar-refractivity contribution is -0.384. The van der Waals surface area contributed by atoms with Gasteiger partial charge in [0.15, 0.2) is 5.58 Å². The van der Waals surface area contributed by atoms with E-state index in [9.17, 15) is 14.5 Å². The number of nitro benzene ring substituents is 1. The molecule has 0 bridgehead atoms. The van der Waals surface area contributed by atoms with E-state index in [0.717, 1.165) is 31.9 Å². The summed E-state index contributed by atoms with van der Waals surface area (Å²) in [5.74, 6) is -0.243. The van der Waals surface area contributed by atoms with Gasteiger partial charge in [0.1, 0.15) is 5.82 Å².